The van der Waals surface area contributed by atoms with Gasteiger partial charge in [-0.05, 0) is 50.5 Å². The van der Waals surface area contributed by atoms with Crippen LogP contribution in [0.3, 0.4) is 0 Å². The Labute approximate surface area is 198 Å². The molecule has 0 saturated carbocycles. The second kappa shape index (κ2) is 11.6. The van der Waals surface area contributed by atoms with E-state index in [1.807, 2.05) is 7.05 Å². The molecule has 3 rings (SSSR count). The van der Waals surface area contributed by atoms with Gasteiger partial charge < -0.3 is 20.3 Å². The molecule has 2 aromatic carbocycles. The van der Waals surface area contributed by atoms with E-state index >= 15 is 0 Å². The molecule has 30 heavy (non-hydrogen) atoms. The zero-order valence-electron chi connectivity index (χ0n) is 18.5. The molecule has 1 fully saturated rings. The first-order valence-electron chi connectivity index (χ1n) is 10.4. The molecule has 0 spiro atoms. The molecule has 6 heteroatoms. The third-order valence-electron chi connectivity index (χ3n) is 5.00. The predicted molar refractivity (Wildman–Crippen MR) is 137 cm³/mol. The number of anilines is 1. The topological polar surface area (TPSA) is 48.9 Å². The normalized spacial score (nSPS) is 16.9. The highest BCUT2D eigenvalue weighted by atomic mass is 127. The van der Waals surface area contributed by atoms with Crippen LogP contribution in [0.2, 0.25) is 0 Å². The van der Waals surface area contributed by atoms with Crippen LogP contribution in [0.15, 0.2) is 59.6 Å². The third kappa shape index (κ3) is 7.80. The summed E-state index contributed by atoms with van der Waals surface area (Å²) < 4.78 is 5.89. The smallest absolute Gasteiger partial charge is 0.191 e. The number of para-hydroxylation sites is 1. The maximum Gasteiger partial charge on any atom is 0.191 e. The summed E-state index contributed by atoms with van der Waals surface area (Å²) in [5, 5.41) is 7.01. The summed E-state index contributed by atoms with van der Waals surface area (Å²) in [6.07, 6.45) is 1.11. The van der Waals surface area contributed by atoms with Crippen molar-refractivity contribution in [3.63, 3.8) is 0 Å². The number of nitrogens with zero attached hydrogens (tertiary/aromatic N) is 2. The minimum Gasteiger partial charge on any atom is -0.371 e. The monoisotopic (exact) mass is 522 g/mol. The van der Waals surface area contributed by atoms with Crippen molar-refractivity contribution in [2.75, 3.05) is 25.0 Å². The highest BCUT2D eigenvalue weighted by molar-refractivity contribution is 14.0. The molecule has 1 saturated heterocycles. The van der Waals surface area contributed by atoms with Crippen molar-refractivity contribution in [1.29, 1.82) is 0 Å². The molecule has 1 heterocycles. The standard InChI is InChI=1S/C24H34N4O.HI/c1-24(2,3)29-18-20-10-8-9-19(15-20)16-26-23(25-4)27-21-13-14-28(17-21)22-11-6-5-7-12-22;/h5-12,15,21H,13-14,16-18H2,1-4H3,(H2,25,26,27);1H. The Kier molecular flexibility index (Phi) is 9.42. The molecule has 0 bridgehead atoms. The quantitative estimate of drug-likeness (QED) is 0.332. The lowest BCUT2D eigenvalue weighted by atomic mass is 10.1. The zero-order chi connectivity index (χ0) is 20.7. The van der Waals surface area contributed by atoms with E-state index in [2.05, 4.69) is 95.9 Å². The lowest BCUT2D eigenvalue weighted by molar-refractivity contribution is -0.0149. The molecule has 1 unspecified atom stereocenters. The Bertz CT molecular complexity index is 804. The van der Waals surface area contributed by atoms with Crippen molar-refractivity contribution in [1.82, 2.24) is 10.6 Å². The van der Waals surface area contributed by atoms with Crippen molar-refractivity contribution in [2.24, 2.45) is 4.99 Å². The third-order valence-corrected chi connectivity index (χ3v) is 5.00. The second-order valence-corrected chi connectivity index (χ2v) is 8.56. The average molecular weight is 522 g/mol. The van der Waals surface area contributed by atoms with Crippen LogP contribution >= 0.6 is 24.0 Å². The van der Waals surface area contributed by atoms with Crippen molar-refractivity contribution in [3.8, 4) is 0 Å². The van der Waals surface area contributed by atoms with Gasteiger partial charge in [-0.1, -0.05) is 42.5 Å². The average Bonchev–Trinajstić information content (AvgIpc) is 3.18. The summed E-state index contributed by atoms with van der Waals surface area (Å²) in [5.74, 6) is 0.848. The number of halogens is 1. The first kappa shape index (κ1) is 24.5. The molecule has 1 atom stereocenters. The Morgan fingerprint density at radius 3 is 2.53 bits per heavy atom. The van der Waals surface area contributed by atoms with Crippen molar-refractivity contribution < 1.29 is 4.74 Å². The molecule has 0 aliphatic carbocycles. The van der Waals surface area contributed by atoms with Gasteiger partial charge >= 0.3 is 0 Å². The molecule has 0 amide bonds. The van der Waals surface area contributed by atoms with Crippen LogP contribution in [0.4, 0.5) is 5.69 Å². The van der Waals surface area contributed by atoms with Crippen LogP contribution in [0.25, 0.3) is 0 Å². The van der Waals surface area contributed by atoms with Gasteiger partial charge in [0, 0.05) is 38.4 Å². The van der Waals surface area contributed by atoms with E-state index in [1.165, 1.54) is 16.8 Å². The fourth-order valence-corrected chi connectivity index (χ4v) is 3.45. The summed E-state index contributed by atoms with van der Waals surface area (Å²) >= 11 is 0. The largest absolute Gasteiger partial charge is 0.371 e. The van der Waals surface area contributed by atoms with Gasteiger partial charge in [0.15, 0.2) is 5.96 Å². The van der Waals surface area contributed by atoms with Gasteiger partial charge in [0.25, 0.3) is 0 Å². The van der Waals surface area contributed by atoms with Gasteiger partial charge in [-0.15, -0.1) is 24.0 Å². The van der Waals surface area contributed by atoms with Crippen LogP contribution in [-0.4, -0.2) is 37.7 Å². The molecular formula is C24H35IN4O. The van der Waals surface area contributed by atoms with E-state index in [1.54, 1.807) is 0 Å². The highest BCUT2D eigenvalue weighted by Crippen LogP contribution is 2.19. The summed E-state index contributed by atoms with van der Waals surface area (Å²) in [4.78, 5) is 6.83. The van der Waals surface area contributed by atoms with Gasteiger partial charge in [-0.2, -0.15) is 0 Å². The first-order valence-corrected chi connectivity index (χ1v) is 10.4. The lowest BCUT2D eigenvalue weighted by Gasteiger charge is -2.21. The summed E-state index contributed by atoms with van der Waals surface area (Å²) in [6.45, 7) is 9.65. The Morgan fingerprint density at radius 2 is 1.83 bits per heavy atom. The number of nitrogens with one attached hydrogen (secondary N) is 2. The SMILES string of the molecule is CN=C(NCc1cccc(COC(C)(C)C)c1)NC1CCN(c2ccccc2)C1.I. The Balaban J connectivity index is 0.00000320. The molecule has 0 radical (unpaired) electrons. The minimum atomic E-state index is -0.130. The molecule has 0 aromatic heterocycles. The minimum absolute atomic E-state index is 0. The highest BCUT2D eigenvalue weighted by Gasteiger charge is 2.23. The molecule has 5 nitrogen and oxygen atoms in total. The molecule has 1 aliphatic heterocycles. The van der Waals surface area contributed by atoms with Gasteiger partial charge in [-0.25, -0.2) is 0 Å². The fourth-order valence-electron chi connectivity index (χ4n) is 3.45. The summed E-state index contributed by atoms with van der Waals surface area (Å²) in [5.41, 5.74) is 3.57. The van der Waals surface area contributed by atoms with E-state index in [0.717, 1.165) is 32.0 Å². The van der Waals surface area contributed by atoms with Crippen LogP contribution in [0.1, 0.15) is 38.3 Å². The number of benzene rings is 2. The molecule has 2 N–H and O–H groups in total. The van der Waals surface area contributed by atoms with Gasteiger partial charge in [-0.3, -0.25) is 4.99 Å². The van der Waals surface area contributed by atoms with Crippen LogP contribution < -0.4 is 15.5 Å². The van der Waals surface area contributed by atoms with Gasteiger partial charge in [0.2, 0.25) is 0 Å². The van der Waals surface area contributed by atoms with Crippen molar-refractivity contribution in [3.05, 3.63) is 65.7 Å². The fraction of sp³-hybridized carbons (Fsp3) is 0.458. The predicted octanol–water partition coefficient (Wildman–Crippen LogP) is 4.56. The number of guanidine groups is 1. The summed E-state index contributed by atoms with van der Waals surface area (Å²) in [6, 6.07) is 19.5. The number of rotatable bonds is 6. The summed E-state index contributed by atoms with van der Waals surface area (Å²) in [7, 11) is 1.83. The second-order valence-electron chi connectivity index (χ2n) is 8.56. The zero-order valence-corrected chi connectivity index (χ0v) is 20.9. The number of hydrogen-bond acceptors (Lipinski definition) is 3. The van der Waals surface area contributed by atoms with Crippen molar-refractivity contribution >= 4 is 35.6 Å². The number of aliphatic imine (C=N–C) groups is 1. The van der Waals surface area contributed by atoms with Crippen LogP contribution in [-0.2, 0) is 17.9 Å². The van der Waals surface area contributed by atoms with Gasteiger partial charge in [0.05, 0.1) is 12.2 Å². The Hall–Kier alpha value is -1.80. The van der Waals surface area contributed by atoms with E-state index in [4.69, 9.17) is 4.74 Å². The van der Waals surface area contributed by atoms with Crippen LogP contribution in [0, 0.1) is 0 Å². The van der Waals surface area contributed by atoms with E-state index < -0.39 is 0 Å². The van der Waals surface area contributed by atoms with E-state index in [-0.39, 0.29) is 29.6 Å². The lowest BCUT2D eigenvalue weighted by Crippen LogP contribution is -2.44. The van der Waals surface area contributed by atoms with E-state index in [0.29, 0.717) is 12.6 Å². The van der Waals surface area contributed by atoms with Gasteiger partial charge in [0.1, 0.15) is 0 Å². The Morgan fingerprint density at radius 1 is 1.10 bits per heavy atom. The molecular weight excluding hydrogens is 487 g/mol. The molecule has 164 valence electrons. The molecule has 1 aliphatic rings. The first-order chi connectivity index (χ1) is 13.9. The van der Waals surface area contributed by atoms with E-state index in [9.17, 15) is 0 Å². The number of hydrogen-bond donors (Lipinski definition) is 2. The maximum atomic E-state index is 5.89. The molecule has 2 aromatic rings. The maximum absolute atomic E-state index is 5.89. The number of ether oxygens (including phenoxy) is 1. The van der Waals surface area contributed by atoms with Crippen molar-refractivity contribution in [2.45, 2.75) is 52.0 Å². The van der Waals surface area contributed by atoms with Crippen LogP contribution in [0.5, 0.6) is 0 Å².